The molecule has 0 aliphatic rings. The monoisotopic (exact) mass is 316 g/mol. The number of alkyl halides is 7. The maximum Gasteiger partial charge on any atom is 0.460 e. The Labute approximate surface area is 115 Å². The van der Waals surface area contributed by atoms with Crippen molar-refractivity contribution in [3.63, 3.8) is 0 Å². The summed E-state index contributed by atoms with van der Waals surface area (Å²) in [5.74, 6) is -15.4. The van der Waals surface area contributed by atoms with Crippen molar-refractivity contribution < 1.29 is 35.5 Å². The molecule has 1 rings (SSSR count). The van der Waals surface area contributed by atoms with Crippen LogP contribution < -0.4 is 0 Å². The van der Waals surface area contributed by atoms with E-state index < -0.39 is 35.3 Å². The SMILES string of the molecule is CC(C)c1ccccc1C(=O)C(F)(F)C(F)(F)C(F)(F)F. The zero-order valence-corrected chi connectivity index (χ0v) is 10.9. The average Bonchev–Trinajstić information content (AvgIpc) is 2.36. The molecule has 0 spiro atoms. The van der Waals surface area contributed by atoms with Gasteiger partial charge >= 0.3 is 18.0 Å². The van der Waals surface area contributed by atoms with Crippen LogP contribution in [0.4, 0.5) is 30.7 Å². The summed E-state index contributed by atoms with van der Waals surface area (Å²) in [6.45, 7) is 2.98. The van der Waals surface area contributed by atoms with Crippen LogP contribution >= 0.6 is 0 Å². The van der Waals surface area contributed by atoms with E-state index in [1.165, 1.54) is 26.0 Å². The topological polar surface area (TPSA) is 17.1 Å². The molecule has 0 N–H and O–H groups in total. The standard InChI is InChI=1S/C13H11F7O/c1-7(2)8-5-3-4-6-9(8)10(21)11(14,15)12(16,17)13(18,19)20/h3-7H,1-2H3. The molecule has 0 aromatic heterocycles. The van der Waals surface area contributed by atoms with Crippen LogP contribution in [0.2, 0.25) is 0 Å². The van der Waals surface area contributed by atoms with E-state index in [1.807, 2.05) is 0 Å². The molecule has 118 valence electrons. The molecule has 1 aromatic rings. The van der Waals surface area contributed by atoms with Crippen molar-refractivity contribution in [3.8, 4) is 0 Å². The minimum atomic E-state index is -6.53. The molecule has 0 heterocycles. The maximum atomic E-state index is 13.4. The summed E-state index contributed by atoms with van der Waals surface area (Å²) in [6.07, 6.45) is -6.53. The maximum absolute atomic E-state index is 13.4. The predicted molar refractivity (Wildman–Crippen MR) is 60.8 cm³/mol. The number of Topliss-reactive ketones (excluding diaryl/α,β-unsaturated/α-hetero) is 1. The van der Waals surface area contributed by atoms with Gasteiger partial charge in [0.1, 0.15) is 0 Å². The van der Waals surface area contributed by atoms with Gasteiger partial charge in [-0.15, -0.1) is 0 Å². The molecule has 0 aliphatic heterocycles. The Morgan fingerprint density at radius 2 is 1.43 bits per heavy atom. The van der Waals surface area contributed by atoms with Gasteiger partial charge < -0.3 is 0 Å². The molecule has 21 heavy (non-hydrogen) atoms. The molecule has 0 radical (unpaired) electrons. The highest BCUT2D eigenvalue weighted by molar-refractivity contribution is 6.03. The first kappa shape index (κ1) is 17.5. The van der Waals surface area contributed by atoms with Gasteiger partial charge in [-0.25, -0.2) is 0 Å². The summed E-state index contributed by atoms with van der Waals surface area (Å²) in [5, 5.41) is 0. The molecule has 0 amide bonds. The van der Waals surface area contributed by atoms with Crippen LogP contribution in [0.3, 0.4) is 0 Å². The van der Waals surface area contributed by atoms with Gasteiger partial charge in [0, 0.05) is 5.56 Å². The Bertz CT molecular complexity index is 532. The van der Waals surface area contributed by atoms with Crippen molar-refractivity contribution in [2.24, 2.45) is 0 Å². The summed E-state index contributed by atoms with van der Waals surface area (Å²) in [4.78, 5) is 11.6. The molecule has 0 saturated carbocycles. The molecule has 0 aliphatic carbocycles. The quantitative estimate of drug-likeness (QED) is 0.574. The molecule has 0 fully saturated rings. The van der Waals surface area contributed by atoms with Gasteiger partial charge in [-0.05, 0) is 11.5 Å². The summed E-state index contributed by atoms with van der Waals surface area (Å²) in [5.41, 5.74) is -0.874. The number of hydrogen-bond donors (Lipinski definition) is 0. The van der Waals surface area contributed by atoms with E-state index in [2.05, 4.69) is 0 Å². The Kier molecular flexibility index (Phi) is 4.41. The van der Waals surface area contributed by atoms with Crippen molar-refractivity contribution in [2.75, 3.05) is 0 Å². The van der Waals surface area contributed by atoms with Crippen LogP contribution in [-0.4, -0.2) is 23.8 Å². The van der Waals surface area contributed by atoms with Crippen LogP contribution in [0.5, 0.6) is 0 Å². The van der Waals surface area contributed by atoms with Gasteiger partial charge in [-0.2, -0.15) is 30.7 Å². The van der Waals surface area contributed by atoms with Gasteiger partial charge in [-0.1, -0.05) is 38.1 Å². The zero-order chi connectivity index (χ0) is 16.6. The van der Waals surface area contributed by atoms with Crippen molar-refractivity contribution in [1.29, 1.82) is 0 Å². The number of rotatable bonds is 4. The highest BCUT2D eigenvalue weighted by Crippen LogP contribution is 2.48. The van der Waals surface area contributed by atoms with Crippen LogP contribution in [0.15, 0.2) is 24.3 Å². The van der Waals surface area contributed by atoms with Crippen LogP contribution in [0.1, 0.15) is 35.7 Å². The molecular weight excluding hydrogens is 305 g/mol. The van der Waals surface area contributed by atoms with E-state index in [0.717, 1.165) is 12.1 Å². The summed E-state index contributed by atoms with van der Waals surface area (Å²) in [7, 11) is 0. The van der Waals surface area contributed by atoms with Gasteiger partial charge in [-0.3, -0.25) is 4.79 Å². The van der Waals surface area contributed by atoms with E-state index in [9.17, 15) is 35.5 Å². The highest BCUT2D eigenvalue weighted by atomic mass is 19.4. The van der Waals surface area contributed by atoms with Crippen molar-refractivity contribution in [1.82, 2.24) is 0 Å². The number of carbonyl (C=O) groups excluding carboxylic acids is 1. The molecule has 8 heteroatoms. The third-order valence-corrected chi connectivity index (χ3v) is 2.86. The zero-order valence-electron chi connectivity index (χ0n) is 10.9. The second kappa shape index (κ2) is 5.31. The molecule has 0 unspecified atom stereocenters. The van der Waals surface area contributed by atoms with Gasteiger partial charge in [0.2, 0.25) is 5.78 Å². The molecule has 0 saturated heterocycles. The lowest BCUT2D eigenvalue weighted by Gasteiger charge is -2.27. The van der Waals surface area contributed by atoms with Crippen molar-refractivity contribution >= 4 is 5.78 Å². The van der Waals surface area contributed by atoms with E-state index in [0.29, 0.717) is 0 Å². The highest BCUT2D eigenvalue weighted by Gasteiger charge is 2.76. The molecule has 0 bridgehead atoms. The number of benzene rings is 1. The smallest absolute Gasteiger partial charge is 0.287 e. The van der Waals surface area contributed by atoms with Crippen LogP contribution in [-0.2, 0) is 0 Å². The molecule has 1 aromatic carbocycles. The van der Waals surface area contributed by atoms with Gasteiger partial charge in [0.05, 0.1) is 0 Å². The summed E-state index contributed by atoms with van der Waals surface area (Å²) >= 11 is 0. The minimum absolute atomic E-state index is 0.0276. The first-order valence-corrected chi connectivity index (χ1v) is 5.80. The van der Waals surface area contributed by atoms with Crippen LogP contribution in [0.25, 0.3) is 0 Å². The van der Waals surface area contributed by atoms with Gasteiger partial charge in [0.25, 0.3) is 0 Å². The van der Waals surface area contributed by atoms with Crippen molar-refractivity contribution in [2.45, 2.75) is 37.8 Å². The number of carbonyl (C=O) groups is 1. The first-order chi connectivity index (χ1) is 9.34. The van der Waals surface area contributed by atoms with E-state index >= 15 is 0 Å². The molecule has 0 atom stereocenters. The fourth-order valence-electron chi connectivity index (χ4n) is 1.70. The Morgan fingerprint density at radius 1 is 0.952 bits per heavy atom. The molecule has 1 nitrogen and oxygen atoms in total. The lowest BCUT2D eigenvalue weighted by molar-refractivity contribution is -0.339. The lowest BCUT2D eigenvalue weighted by atomic mass is 9.91. The lowest BCUT2D eigenvalue weighted by Crippen LogP contribution is -2.56. The fourth-order valence-corrected chi connectivity index (χ4v) is 1.70. The Balaban J connectivity index is 3.38. The summed E-state index contributed by atoms with van der Waals surface area (Å²) in [6, 6.07) is 4.50. The normalized spacial score (nSPS) is 13.6. The Morgan fingerprint density at radius 3 is 1.86 bits per heavy atom. The Hall–Kier alpha value is -1.60. The fraction of sp³-hybridized carbons (Fsp3) is 0.462. The minimum Gasteiger partial charge on any atom is -0.287 e. The molecular formula is C13H11F7O. The van der Waals surface area contributed by atoms with E-state index in [1.54, 1.807) is 0 Å². The number of ketones is 1. The largest absolute Gasteiger partial charge is 0.460 e. The first-order valence-electron chi connectivity index (χ1n) is 5.80. The van der Waals surface area contributed by atoms with Gasteiger partial charge in [0.15, 0.2) is 0 Å². The number of halogens is 7. The second-order valence-corrected chi connectivity index (χ2v) is 4.72. The van der Waals surface area contributed by atoms with E-state index in [-0.39, 0.29) is 5.56 Å². The summed E-state index contributed by atoms with van der Waals surface area (Å²) < 4.78 is 88.8. The van der Waals surface area contributed by atoms with Crippen LogP contribution in [0, 0.1) is 0 Å². The predicted octanol–water partition coefficient (Wildman–Crippen LogP) is 4.83. The third-order valence-electron chi connectivity index (χ3n) is 2.86. The van der Waals surface area contributed by atoms with Crippen molar-refractivity contribution in [3.05, 3.63) is 35.4 Å². The number of hydrogen-bond acceptors (Lipinski definition) is 1. The average molecular weight is 316 g/mol. The van der Waals surface area contributed by atoms with E-state index in [4.69, 9.17) is 0 Å². The third kappa shape index (κ3) is 2.89. The second-order valence-electron chi connectivity index (χ2n) is 4.72.